The molecule has 1 saturated heterocycles. The molecule has 0 spiro atoms. The quantitative estimate of drug-likeness (QED) is 0.802. The first-order chi connectivity index (χ1) is 8.22. The Labute approximate surface area is 99.9 Å². The van der Waals surface area contributed by atoms with Crippen LogP contribution in [-0.2, 0) is 11.2 Å². The molecule has 0 radical (unpaired) electrons. The van der Waals surface area contributed by atoms with Gasteiger partial charge in [-0.25, -0.2) is 0 Å². The van der Waals surface area contributed by atoms with Crippen molar-refractivity contribution in [2.75, 3.05) is 13.1 Å². The van der Waals surface area contributed by atoms with E-state index in [0.717, 1.165) is 32.2 Å². The van der Waals surface area contributed by atoms with Gasteiger partial charge in [0, 0.05) is 30.6 Å². The maximum Gasteiger partial charge on any atom is 0.253 e. The third-order valence-corrected chi connectivity index (χ3v) is 3.02. The first-order valence-electron chi connectivity index (χ1n) is 5.77. The van der Waals surface area contributed by atoms with Gasteiger partial charge in [-0.15, -0.1) is 0 Å². The predicted molar refractivity (Wildman–Crippen MR) is 63.0 cm³/mol. The van der Waals surface area contributed by atoms with Crippen molar-refractivity contribution in [2.24, 2.45) is 0 Å². The van der Waals surface area contributed by atoms with Crippen molar-refractivity contribution in [3.63, 3.8) is 0 Å². The van der Waals surface area contributed by atoms with Crippen molar-refractivity contribution in [3.05, 3.63) is 29.3 Å². The third-order valence-electron chi connectivity index (χ3n) is 3.02. The van der Waals surface area contributed by atoms with E-state index in [4.69, 9.17) is 0 Å². The highest BCUT2D eigenvalue weighted by Crippen LogP contribution is 2.20. The number of likely N-dealkylation sites (tertiary alicyclic amines) is 1. The Hall–Kier alpha value is -1.84. The van der Waals surface area contributed by atoms with E-state index in [1.54, 1.807) is 17.0 Å². The monoisotopic (exact) mass is 233 g/mol. The van der Waals surface area contributed by atoms with E-state index >= 15 is 0 Å². The van der Waals surface area contributed by atoms with Gasteiger partial charge in [-0.2, -0.15) is 0 Å². The Morgan fingerprint density at radius 1 is 1.35 bits per heavy atom. The largest absolute Gasteiger partial charge is 0.508 e. The number of carbonyl (C=O) groups is 2. The van der Waals surface area contributed by atoms with Crippen LogP contribution in [0.5, 0.6) is 5.75 Å². The molecule has 0 aliphatic carbocycles. The summed E-state index contributed by atoms with van der Waals surface area (Å²) in [5.74, 6) is 0.0460. The average Bonchev–Trinajstić information content (AvgIpc) is 2.85. The summed E-state index contributed by atoms with van der Waals surface area (Å²) in [7, 11) is 0. The number of amides is 1. The van der Waals surface area contributed by atoms with E-state index in [9.17, 15) is 14.7 Å². The Bertz CT molecular complexity index is 436. The van der Waals surface area contributed by atoms with Gasteiger partial charge in [0.05, 0.1) is 0 Å². The van der Waals surface area contributed by atoms with E-state index < -0.39 is 0 Å². The van der Waals surface area contributed by atoms with Crippen LogP contribution in [0.1, 0.15) is 28.8 Å². The zero-order valence-electron chi connectivity index (χ0n) is 9.56. The summed E-state index contributed by atoms with van der Waals surface area (Å²) < 4.78 is 0. The molecule has 1 aromatic carbocycles. The van der Waals surface area contributed by atoms with Crippen molar-refractivity contribution in [1.29, 1.82) is 0 Å². The van der Waals surface area contributed by atoms with Crippen LogP contribution in [0.15, 0.2) is 18.2 Å². The molecule has 1 aromatic rings. The molecule has 1 amide bonds. The van der Waals surface area contributed by atoms with Crippen molar-refractivity contribution in [2.45, 2.75) is 19.3 Å². The summed E-state index contributed by atoms with van der Waals surface area (Å²) in [5, 5.41) is 9.53. The van der Waals surface area contributed by atoms with Crippen molar-refractivity contribution in [3.8, 4) is 5.75 Å². The molecule has 17 heavy (non-hydrogen) atoms. The highest BCUT2D eigenvalue weighted by molar-refractivity contribution is 5.94. The van der Waals surface area contributed by atoms with Crippen molar-refractivity contribution in [1.82, 2.24) is 4.90 Å². The lowest BCUT2D eigenvalue weighted by molar-refractivity contribution is -0.107. The first kappa shape index (κ1) is 11.6. The molecule has 2 rings (SSSR count). The number of carbonyl (C=O) groups excluding carboxylic acids is 2. The van der Waals surface area contributed by atoms with Gasteiger partial charge in [0.25, 0.3) is 5.91 Å². The molecule has 4 heteroatoms. The minimum Gasteiger partial charge on any atom is -0.508 e. The molecule has 1 aliphatic heterocycles. The van der Waals surface area contributed by atoms with Crippen LogP contribution in [0.4, 0.5) is 0 Å². The summed E-state index contributed by atoms with van der Waals surface area (Å²) in [6.45, 7) is 1.59. The van der Waals surface area contributed by atoms with Crippen LogP contribution in [-0.4, -0.2) is 35.3 Å². The van der Waals surface area contributed by atoms with Crippen LogP contribution in [0.2, 0.25) is 0 Å². The molecule has 1 aliphatic rings. The summed E-state index contributed by atoms with van der Waals surface area (Å²) in [6.07, 6.45) is 2.95. The normalized spacial score (nSPS) is 14.9. The average molecular weight is 233 g/mol. The van der Waals surface area contributed by atoms with Gasteiger partial charge in [-0.1, -0.05) is 0 Å². The highest BCUT2D eigenvalue weighted by atomic mass is 16.3. The fourth-order valence-electron chi connectivity index (χ4n) is 2.07. The number of hydrogen-bond donors (Lipinski definition) is 1. The first-order valence-corrected chi connectivity index (χ1v) is 5.77. The maximum absolute atomic E-state index is 12.1. The molecule has 0 saturated carbocycles. The minimum absolute atomic E-state index is 0.0188. The van der Waals surface area contributed by atoms with Gasteiger partial charge in [0.15, 0.2) is 0 Å². The number of benzene rings is 1. The number of hydrogen-bond acceptors (Lipinski definition) is 3. The van der Waals surface area contributed by atoms with Gasteiger partial charge < -0.3 is 14.8 Å². The fraction of sp³-hybridized carbons (Fsp3) is 0.385. The van der Waals surface area contributed by atoms with Gasteiger partial charge in [0.1, 0.15) is 12.0 Å². The number of nitrogens with zero attached hydrogens (tertiary/aromatic N) is 1. The Morgan fingerprint density at radius 2 is 2.06 bits per heavy atom. The fourth-order valence-corrected chi connectivity index (χ4v) is 2.07. The second kappa shape index (κ2) is 4.99. The molecule has 0 bridgehead atoms. The molecule has 0 atom stereocenters. The van der Waals surface area contributed by atoms with Crippen molar-refractivity contribution < 1.29 is 14.7 Å². The molecule has 90 valence electrons. The van der Waals surface area contributed by atoms with Crippen LogP contribution in [0, 0.1) is 0 Å². The summed E-state index contributed by atoms with van der Waals surface area (Å²) in [6, 6.07) is 4.68. The molecule has 0 aromatic heterocycles. The van der Waals surface area contributed by atoms with Crippen LogP contribution >= 0.6 is 0 Å². The van der Waals surface area contributed by atoms with E-state index in [2.05, 4.69) is 0 Å². The lowest BCUT2D eigenvalue weighted by Gasteiger charge is -2.15. The molecular weight excluding hydrogens is 218 g/mol. The Balaban J connectivity index is 2.22. The zero-order chi connectivity index (χ0) is 12.3. The van der Waals surface area contributed by atoms with Gasteiger partial charge in [-0.05, 0) is 31.0 Å². The molecule has 0 unspecified atom stereocenters. The zero-order valence-corrected chi connectivity index (χ0v) is 9.56. The van der Waals surface area contributed by atoms with Gasteiger partial charge >= 0.3 is 0 Å². The van der Waals surface area contributed by atoms with E-state index in [-0.39, 0.29) is 18.1 Å². The van der Waals surface area contributed by atoms with Gasteiger partial charge in [0.2, 0.25) is 0 Å². The lowest BCUT2D eigenvalue weighted by Crippen LogP contribution is -2.27. The van der Waals surface area contributed by atoms with Crippen LogP contribution in [0.25, 0.3) is 0 Å². The smallest absolute Gasteiger partial charge is 0.253 e. The highest BCUT2D eigenvalue weighted by Gasteiger charge is 2.20. The SMILES string of the molecule is O=CCc1cc(C(=O)N2CCCC2)ccc1O. The van der Waals surface area contributed by atoms with Crippen molar-refractivity contribution >= 4 is 12.2 Å². The summed E-state index contributed by atoms with van der Waals surface area (Å²) >= 11 is 0. The third kappa shape index (κ3) is 2.46. The number of phenolic OH excluding ortho intramolecular Hbond substituents is 1. The standard InChI is InChI=1S/C13H15NO3/c15-8-5-10-9-11(3-4-12(10)16)13(17)14-6-1-2-7-14/h3-4,8-9,16H,1-2,5-7H2. The van der Waals surface area contributed by atoms with Crippen LogP contribution in [0.3, 0.4) is 0 Å². The maximum atomic E-state index is 12.1. The second-order valence-corrected chi connectivity index (χ2v) is 4.21. The topological polar surface area (TPSA) is 57.6 Å². The number of aromatic hydroxyl groups is 1. The van der Waals surface area contributed by atoms with Gasteiger partial charge in [-0.3, -0.25) is 4.79 Å². The summed E-state index contributed by atoms with van der Waals surface area (Å²) in [4.78, 5) is 24.3. The van der Waals surface area contributed by atoms with E-state index in [0.29, 0.717) is 11.1 Å². The van der Waals surface area contributed by atoms with E-state index in [1.807, 2.05) is 0 Å². The predicted octanol–water partition coefficient (Wildman–Crippen LogP) is 1.37. The Morgan fingerprint density at radius 3 is 2.71 bits per heavy atom. The van der Waals surface area contributed by atoms with Crippen LogP contribution < -0.4 is 0 Å². The minimum atomic E-state index is -0.0188. The summed E-state index contributed by atoms with van der Waals surface area (Å²) in [5.41, 5.74) is 1.05. The lowest BCUT2D eigenvalue weighted by atomic mass is 10.1. The molecular formula is C13H15NO3. The van der Waals surface area contributed by atoms with E-state index in [1.165, 1.54) is 6.07 Å². The number of aldehydes is 1. The number of rotatable bonds is 3. The number of phenols is 1. The molecule has 4 nitrogen and oxygen atoms in total. The molecule has 1 fully saturated rings. The Kier molecular flexibility index (Phi) is 3.42. The second-order valence-electron chi connectivity index (χ2n) is 4.21. The molecule has 1 heterocycles. The molecule has 1 N–H and O–H groups in total.